The number of furan rings is 1. The van der Waals surface area contributed by atoms with Gasteiger partial charge < -0.3 is 19.7 Å². The van der Waals surface area contributed by atoms with Crippen molar-refractivity contribution in [3.63, 3.8) is 0 Å². The van der Waals surface area contributed by atoms with E-state index in [0.29, 0.717) is 19.3 Å². The maximum atomic E-state index is 10.5. The van der Waals surface area contributed by atoms with E-state index in [2.05, 4.69) is 12.2 Å². The monoisotopic (exact) mass is 376 g/mol. The van der Waals surface area contributed by atoms with Crippen LogP contribution in [0.4, 0.5) is 0 Å². The van der Waals surface area contributed by atoms with E-state index < -0.39 is 12.1 Å². The first-order chi connectivity index (χ1) is 13.0. The molecular weight excluding hydrogens is 344 g/mol. The minimum absolute atomic E-state index is 0.164. The molecule has 4 atom stereocenters. The number of carboxylic acids is 1. The van der Waals surface area contributed by atoms with Gasteiger partial charge in [0.25, 0.3) is 0 Å². The van der Waals surface area contributed by atoms with Crippen LogP contribution in [0, 0.1) is 18.8 Å². The normalized spacial score (nSPS) is 24.2. The molecule has 1 aromatic rings. The van der Waals surface area contributed by atoms with E-state index in [9.17, 15) is 15.0 Å². The Hall–Kier alpha value is -1.85. The van der Waals surface area contributed by atoms with Crippen molar-refractivity contribution in [3.8, 4) is 0 Å². The summed E-state index contributed by atoms with van der Waals surface area (Å²) in [5, 5.41) is 29.1. The van der Waals surface area contributed by atoms with E-state index in [1.807, 2.05) is 31.2 Å². The number of aryl methyl sites for hydroxylation is 2. The molecule has 27 heavy (non-hydrogen) atoms. The minimum atomic E-state index is -0.763. The Morgan fingerprint density at radius 1 is 1.33 bits per heavy atom. The number of hydrogen-bond acceptors (Lipinski definition) is 4. The summed E-state index contributed by atoms with van der Waals surface area (Å²) in [6.45, 7) is 1.91. The van der Waals surface area contributed by atoms with Crippen molar-refractivity contribution < 1.29 is 24.5 Å². The summed E-state index contributed by atoms with van der Waals surface area (Å²) in [4.78, 5) is 10.5. The zero-order chi connectivity index (χ0) is 19.6. The molecule has 0 aliphatic heterocycles. The Balaban J connectivity index is 1.74. The molecule has 1 saturated carbocycles. The van der Waals surface area contributed by atoms with E-state index in [1.165, 1.54) is 0 Å². The number of carboxylic acid groups (broad SMARTS) is 1. The number of aliphatic hydroxyl groups excluding tert-OH is 2. The van der Waals surface area contributed by atoms with E-state index in [4.69, 9.17) is 9.52 Å². The highest BCUT2D eigenvalue weighted by atomic mass is 16.4. The van der Waals surface area contributed by atoms with Crippen LogP contribution in [-0.4, -0.2) is 33.5 Å². The third-order valence-electron chi connectivity index (χ3n) is 5.24. The second-order valence-corrected chi connectivity index (χ2v) is 7.47. The molecule has 1 fully saturated rings. The predicted octanol–water partition coefficient (Wildman–Crippen LogP) is 4.03. The quantitative estimate of drug-likeness (QED) is 0.401. The molecule has 150 valence electrons. The Morgan fingerprint density at radius 2 is 2.15 bits per heavy atom. The molecule has 1 aliphatic carbocycles. The van der Waals surface area contributed by atoms with Crippen LogP contribution < -0.4 is 0 Å². The maximum Gasteiger partial charge on any atom is 0.303 e. The van der Waals surface area contributed by atoms with Crippen LogP contribution >= 0.6 is 0 Å². The van der Waals surface area contributed by atoms with Gasteiger partial charge in [0.1, 0.15) is 11.5 Å². The molecule has 0 amide bonds. The lowest BCUT2D eigenvalue weighted by Crippen LogP contribution is -2.17. The van der Waals surface area contributed by atoms with Crippen molar-refractivity contribution in [2.45, 2.75) is 70.5 Å². The molecule has 0 spiro atoms. The molecule has 0 bridgehead atoms. The highest BCUT2D eigenvalue weighted by Crippen LogP contribution is 2.36. The Kier molecular flexibility index (Phi) is 8.82. The number of carbonyl (C=O) groups is 1. The fraction of sp³-hybridized carbons (Fsp3) is 0.591. The first-order valence-corrected chi connectivity index (χ1v) is 9.92. The van der Waals surface area contributed by atoms with Crippen LogP contribution in [0.3, 0.4) is 0 Å². The summed E-state index contributed by atoms with van der Waals surface area (Å²) >= 11 is 0. The molecule has 5 nitrogen and oxygen atoms in total. The van der Waals surface area contributed by atoms with Crippen molar-refractivity contribution in [1.29, 1.82) is 0 Å². The van der Waals surface area contributed by atoms with Crippen LogP contribution in [0.5, 0.6) is 0 Å². The fourth-order valence-electron chi connectivity index (χ4n) is 3.67. The van der Waals surface area contributed by atoms with Crippen molar-refractivity contribution >= 4 is 5.97 Å². The van der Waals surface area contributed by atoms with Gasteiger partial charge in [0.2, 0.25) is 0 Å². The highest BCUT2D eigenvalue weighted by molar-refractivity contribution is 5.66. The van der Waals surface area contributed by atoms with Crippen LogP contribution in [0.25, 0.3) is 0 Å². The molecule has 5 heteroatoms. The van der Waals surface area contributed by atoms with Gasteiger partial charge in [-0.3, -0.25) is 4.79 Å². The number of unbranched alkanes of at least 4 members (excludes halogenated alkanes) is 1. The average Bonchev–Trinajstić information content (AvgIpc) is 3.20. The van der Waals surface area contributed by atoms with Gasteiger partial charge in [-0.15, -0.1) is 0 Å². The van der Waals surface area contributed by atoms with Crippen LogP contribution in [0.2, 0.25) is 0 Å². The Labute approximate surface area is 161 Å². The smallest absolute Gasteiger partial charge is 0.303 e. The highest BCUT2D eigenvalue weighted by Gasteiger charge is 2.32. The van der Waals surface area contributed by atoms with Crippen molar-refractivity contribution in [2.24, 2.45) is 11.8 Å². The molecule has 1 aliphatic rings. The largest absolute Gasteiger partial charge is 0.481 e. The molecule has 1 aromatic heterocycles. The summed E-state index contributed by atoms with van der Waals surface area (Å²) in [7, 11) is 0. The van der Waals surface area contributed by atoms with Crippen molar-refractivity contribution in [3.05, 3.63) is 48.0 Å². The van der Waals surface area contributed by atoms with Gasteiger partial charge in [0, 0.05) is 12.8 Å². The first kappa shape index (κ1) is 21.5. The van der Waals surface area contributed by atoms with Gasteiger partial charge in [-0.2, -0.15) is 0 Å². The van der Waals surface area contributed by atoms with E-state index in [-0.39, 0.29) is 24.4 Å². The number of allylic oxidation sites excluding steroid dienone is 3. The number of aliphatic carboxylic acids is 1. The van der Waals surface area contributed by atoms with Gasteiger partial charge in [0.15, 0.2) is 0 Å². The zero-order valence-corrected chi connectivity index (χ0v) is 16.1. The lowest BCUT2D eigenvalue weighted by atomic mass is 9.90. The third-order valence-corrected chi connectivity index (χ3v) is 5.24. The number of hydrogen-bond donors (Lipinski definition) is 3. The molecule has 0 aromatic carbocycles. The third kappa shape index (κ3) is 7.73. The molecular formula is C22H32O5. The lowest BCUT2D eigenvalue weighted by molar-refractivity contribution is -0.137. The van der Waals surface area contributed by atoms with Crippen molar-refractivity contribution in [2.75, 3.05) is 0 Å². The summed E-state index contributed by atoms with van der Waals surface area (Å²) in [6, 6.07) is 3.87. The predicted molar refractivity (Wildman–Crippen MR) is 104 cm³/mol. The van der Waals surface area contributed by atoms with Gasteiger partial charge >= 0.3 is 5.97 Å². The van der Waals surface area contributed by atoms with E-state index in [0.717, 1.165) is 37.2 Å². The van der Waals surface area contributed by atoms with Crippen LogP contribution in [0.15, 0.2) is 40.9 Å². The minimum Gasteiger partial charge on any atom is -0.481 e. The summed E-state index contributed by atoms with van der Waals surface area (Å²) in [5.41, 5.74) is 0. The standard InChI is InChI=1S/C22H32O5/c1-16-8-13-19(27-16)14-12-18(23)11-9-17-10-15-21(24)20(17)6-4-2-3-5-7-22(25)26/h2,4,8-9,11,13,17-18,20-21,23-24H,3,5-7,10,12,14-15H2,1H3,(H,25,26)/b4-2-,11-9+/t17-,18+,20+,21?/m0/s1. The van der Waals surface area contributed by atoms with E-state index >= 15 is 0 Å². The van der Waals surface area contributed by atoms with E-state index in [1.54, 1.807) is 0 Å². The average molecular weight is 376 g/mol. The molecule has 2 rings (SSSR count). The van der Waals surface area contributed by atoms with Crippen LogP contribution in [-0.2, 0) is 11.2 Å². The van der Waals surface area contributed by atoms with Crippen LogP contribution in [0.1, 0.15) is 56.5 Å². The maximum absolute atomic E-state index is 10.5. The summed E-state index contributed by atoms with van der Waals surface area (Å²) in [6.07, 6.45) is 12.5. The second kappa shape index (κ2) is 11.1. The number of aliphatic hydroxyl groups is 2. The SMILES string of the molecule is Cc1ccc(CC[C@H](O)/C=C/[C@H]2CCC(O)[C@@H]2C/C=C\CCCC(=O)O)o1. The van der Waals surface area contributed by atoms with Gasteiger partial charge in [0.05, 0.1) is 12.2 Å². The second-order valence-electron chi connectivity index (χ2n) is 7.47. The fourth-order valence-corrected chi connectivity index (χ4v) is 3.67. The number of rotatable bonds is 11. The summed E-state index contributed by atoms with van der Waals surface area (Å²) < 4.78 is 5.52. The molecule has 3 N–H and O–H groups in total. The topological polar surface area (TPSA) is 90.9 Å². The van der Waals surface area contributed by atoms with Crippen molar-refractivity contribution in [1.82, 2.24) is 0 Å². The lowest BCUT2D eigenvalue weighted by Gasteiger charge is -2.18. The summed E-state index contributed by atoms with van der Waals surface area (Å²) in [5.74, 6) is 1.44. The Morgan fingerprint density at radius 3 is 2.85 bits per heavy atom. The molecule has 1 heterocycles. The molecule has 1 unspecified atom stereocenters. The van der Waals surface area contributed by atoms with Gasteiger partial charge in [-0.25, -0.2) is 0 Å². The first-order valence-electron chi connectivity index (χ1n) is 9.92. The zero-order valence-electron chi connectivity index (χ0n) is 16.1. The molecule has 0 radical (unpaired) electrons. The Bertz CT molecular complexity index is 630. The van der Waals surface area contributed by atoms with Gasteiger partial charge in [-0.05, 0) is 69.4 Å². The van der Waals surface area contributed by atoms with Gasteiger partial charge in [-0.1, -0.05) is 24.3 Å². The molecule has 0 saturated heterocycles.